The number of nitrogens with zero attached hydrogens (tertiary/aromatic N) is 2. The van der Waals surface area contributed by atoms with Gasteiger partial charge in [-0.2, -0.15) is 0 Å². The predicted octanol–water partition coefficient (Wildman–Crippen LogP) is 1.95. The average molecular weight is 219 g/mol. The van der Waals surface area contributed by atoms with E-state index in [2.05, 4.69) is 35.9 Å². The van der Waals surface area contributed by atoms with Gasteiger partial charge in [-0.15, -0.1) is 0 Å². The van der Waals surface area contributed by atoms with Gasteiger partial charge >= 0.3 is 0 Å². The van der Waals surface area contributed by atoms with Crippen molar-refractivity contribution in [2.24, 2.45) is 11.7 Å². The number of anilines is 1. The summed E-state index contributed by atoms with van der Waals surface area (Å²) >= 11 is 0. The molecule has 0 aliphatic carbocycles. The van der Waals surface area contributed by atoms with Crippen molar-refractivity contribution in [3.05, 3.63) is 23.9 Å². The van der Waals surface area contributed by atoms with Crippen molar-refractivity contribution >= 4 is 5.82 Å². The summed E-state index contributed by atoms with van der Waals surface area (Å²) in [5, 5.41) is 0. The molecule has 2 unspecified atom stereocenters. The van der Waals surface area contributed by atoms with Gasteiger partial charge in [-0.25, -0.2) is 4.98 Å². The molecule has 3 nitrogen and oxygen atoms in total. The average Bonchev–Trinajstić information content (AvgIpc) is 2.31. The van der Waals surface area contributed by atoms with Crippen LogP contribution >= 0.6 is 0 Å². The number of piperidine rings is 1. The van der Waals surface area contributed by atoms with E-state index in [0.29, 0.717) is 12.0 Å². The molecular weight excluding hydrogens is 198 g/mol. The van der Waals surface area contributed by atoms with E-state index in [1.54, 1.807) is 0 Å². The Hall–Kier alpha value is -1.09. The summed E-state index contributed by atoms with van der Waals surface area (Å²) in [6.45, 7) is 6.37. The number of hydrogen-bond acceptors (Lipinski definition) is 3. The molecule has 2 atom stereocenters. The summed E-state index contributed by atoms with van der Waals surface area (Å²) in [5.74, 6) is 1.70. The van der Waals surface area contributed by atoms with E-state index < -0.39 is 0 Å². The van der Waals surface area contributed by atoms with E-state index >= 15 is 0 Å². The van der Waals surface area contributed by atoms with Gasteiger partial charge in [-0.05, 0) is 30.9 Å². The molecule has 88 valence electrons. The topological polar surface area (TPSA) is 42.2 Å². The van der Waals surface area contributed by atoms with Gasteiger partial charge in [-0.3, -0.25) is 0 Å². The Labute approximate surface area is 97.7 Å². The van der Waals surface area contributed by atoms with Gasteiger partial charge in [0.05, 0.1) is 0 Å². The SMILES string of the molecule is CCC1CN(c2ccc(C)cn2)CCC1N. The van der Waals surface area contributed by atoms with Crippen LogP contribution in [-0.2, 0) is 0 Å². The molecule has 0 amide bonds. The van der Waals surface area contributed by atoms with Crippen molar-refractivity contribution in [2.75, 3.05) is 18.0 Å². The summed E-state index contributed by atoms with van der Waals surface area (Å²) < 4.78 is 0. The lowest BCUT2D eigenvalue weighted by atomic mass is 9.91. The second-order valence-corrected chi connectivity index (χ2v) is 4.76. The highest BCUT2D eigenvalue weighted by Crippen LogP contribution is 2.22. The maximum absolute atomic E-state index is 6.11. The maximum Gasteiger partial charge on any atom is 0.128 e. The van der Waals surface area contributed by atoms with Crippen LogP contribution in [0.15, 0.2) is 18.3 Å². The lowest BCUT2D eigenvalue weighted by Crippen LogP contribution is -2.47. The van der Waals surface area contributed by atoms with Gasteiger partial charge < -0.3 is 10.6 Å². The van der Waals surface area contributed by atoms with Crippen LogP contribution in [0.2, 0.25) is 0 Å². The second-order valence-electron chi connectivity index (χ2n) is 4.76. The molecule has 1 aromatic heterocycles. The number of aryl methyl sites for hydroxylation is 1. The van der Waals surface area contributed by atoms with Gasteiger partial charge in [0.15, 0.2) is 0 Å². The molecule has 0 saturated carbocycles. The largest absolute Gasteiger partial charge is 0.356 e. The first kappa shape index (κ1) is 11.4. The molecule has 1 fully saturated rings. The predicted molar refractivity (Wildman–Crippen MR) is 67.6 cm³/mol. The van der Waals surface area contributed by atoms with E-state index in [9.17, 15) is 0 Å². The first-order chi connectivity index (χ1) is 7.70. The molecule has 0 aromatic carbocycles. The normalized spacial score (nSPS) is 25.8. The molecule has 0 spiro atoms. The van der Waals surface area contributed by atoms with Crippen LogP contribution in [0.4, 0.5) is 5.82 Å². The van der Waals surface area contributed by atoms with Crippen molar-refractivity contribution < 1.29 is 0 Å². The van der Waals surface area contributed by atoms with Crippen molar-refractivity contribution in [1.29, 1.82) is 0 Å². The zero-order chi connectivity index (χ0) is 11.5. The van der Waals surface area contributed by atoms with Gasteiger partial charge in [-0.1, -0.05) is 19.4 Å². The first-order valence-electron chi connectivity index (χ1n) is 6.14. The van der Waals surface area contributed by atoms with Crippen LogP contribution in [0.25, 0.3) is 0 Å². The second kappa shape index (κ2) is 4.83. The third-order valence-electron chi connectivity index (χ3n) is 3.54. The van der Waals surface area contributed by atoms with Crippen LogP contribution in [-0.4, -0.2) is 24.1 Å². The summed E-state index contributed by atoms with van der Waals surface area (Å²) in [6, 6.07) is 4.60. The number of nitrogens with two attached hydrogens (primary N) is 1. The fourth-order valence-electron chi connectivity index (χ4n) is 2.34. The Kier molecular flexibility index (Phi) is 3.44. The molecule has 0 bridgehead atoms. The summed E-state index contributed by atoms with van der Waals surface area (Å²) in [5.41, 5.74) is 7.32. The molecule has 3 heteroatoms. The van der Waals surface area contributed by atoms with Gasteiger partial charge in [0.1, 0.15) is 5.82 Å². The van der Waals surface area contributed by atoms with Crippen LogP contribution in [0, 0.1) is 12.8 Å². The number of aromatic nitrogens is 1. The van der Waals surface area contributed by atoms with Crippen LogP contribution < -0.4 is 10.6 Å². The molecule has 2 heterocycles. The van der Waals surface area contributed by atoms with Crippen molar-refractivity contribution in [2.45, 2.75) is 32.7 Å². The third kappa shape index (κ3) is 2.35. The van der Waals surface area contributed by atoms with Crippen LogP contribution in [0.1, 0.15) is 25.3 Å². The third-order valence-corrected chi connectivity index (χ3v) is 3.54. The van der Waals surface area contributed by atoms with Crippen molar-refractivity contribution in [3.8, 4) is 0 Å². The zero-order valence-corrected chi connectivity index (χ0v) is 10.2. The monoisotopic (exact) mass is 219 g/mol. The van der Waals surface area contributed by atoms with E-state index in [0.717, 1.165) is 31.7 Å². The minimum Gasteiger partial charge on any atom is -0.356 e. The van der Waals surface area contributed by atoms with Crippen LogP contribution in [0.3, 0.4) is 0 Å². The Morgan fingerprint density at radius 3 is 2.94 bits per heavy atom. The molecule has 16 heavy (non-hydrogen) atoms. The molecule has 2 rings (SSSR count). The minimum absolute atomic E-state index is 0.367. The fraction of sp³-hybridized carbons (Fsp3) is 0.615. The minimum atomic E-state index is 0.367. The Morgan fingerprint density at radius 1 is 1.50 bits per heavy atom. The fourth-order valence-corrected chi connectivity index (χ4v) is 2.34. The quantitative estimate of drug-likeness (QED) is 0.826. The first-order valence-corrected chi connectivity index (χ1v) is 6.14. The van der Waals surface area contributed by atoms with E-state index in [1.807, 2.05) is 6.20 Å². The van der Waals surface area contributed by atoms with Crippen molar-refractivity contribution in [1.82, 2.24) is 4.98 Å². The van der Waals surface area contributed by atoms with Gasteiger partial charge in [0.2, 0.25) is 0 Å². The van der Waals surface area contributed by atoms with Gasteiger partial charge in [0.25, 0.3) is 0 Å². The number of hydrogen-bond donors (Lipinski definition) is 1. The highest BCUT2D eigenvalue weighted by molar-refractivity contribution is 5.39. The molecule has 1 saturated heterocycles. The van der Waals surface area contributed by atoms with E-state index in [-0.39, 0.29) is 0 Å². The summed E-state index contributed by atoms with van der Waals surface area (Å²) in [6.07, 6.45) is 4.17. The Balaban J connectivity index is 2.08. The number of pyridine rings is 1. The highest BCUT2D eigenvalue weighted by atomic mass is 15.2. The Bertz CT molecular complexity index is 334. The molecule has 1 aliphatic rings. The smallest absolute Gasteiger partial charge is 0.128 e. The Morgan fingerprint density at radius 2 is 2.31 bits per heavy atom. The molecular formula is C13H21N3. The molecule has 1 aliphatic heterocycles. The molecule has 0 radical (unpaired) electrons. The van der Waals surface area contributed by atoms with Gasteiger partial charge in [0, 0.05) is 25.3 Å². The van der Waals surface area contributed by atoms with Crippen LogP contribution in [0.5, 0.6) is 0 Å². The zero-order valence-electron chi connectivity index (χ0n) is 10.2. The molecule has 1 aromatic rings. The summed E-state index contributed by atoms with van der Waals surface area (Å²) in [7, 11) is 0. The summed E-state index contributed by atoms with van der Waals surface area (Å²) in [4.78, 5) is 6.84. The lowest BCUT2D eigenvalue weighted by molar-refractivity contribution is 0.347. The number of rotatable bonds is 2. The van der Waals surface area contributed by atoms with E-state index in [4.69, 9.17) is 5.73 Å². The van der Waals surface area contributed by atoms with Crippen molar-refractivity contribution in [3.63, 3.8) is 0 Å². The highest BCUT2D eigenvalue weighted by Gasteiger charge is 2.25. The standard InChI is InChI=1S/C13H21N3/c1-3-11-9-16(7-6-12(11)14)13-5-4-10(2)8-15-13/h4-5,8,11-12H,3,6-7,9,14H2,1-2H3. The van der Waals surface area contributed by atoms with E-state index in [1.165, 1.54) is 5.56 Å². The maximum atomic E-state index is 6.11. The lowest BCUT2D eigenvalue weighted by Gasteiger charge is -2.37. The molecule has 2 N–H and O–H groups in total.